The Balaban J connectivity index is 2.50. The molecule has 120 valence electrons. The zero-order valence-corrected chi connectivity index (χ0v) is 13.2. The molecule has 0 fully saturated rings. The third-order valence-corrected chi connectivity index (χ3v) is 2.86. The second-order valence-corrected chi connectivity index (χ2v) is 4.76. The van der Waals surface area contributed by atoms with E-state index in [-0.39, 0.29) is 12.6 Å². The third-order valence-electron chi connectivity index (χ3n) is 2.86. The number of halogens is 1. The van der Waals surface area contributed by atoms with Crippen molar-refractivity contribution in [2.45, 2.75) is 39.5 Å². The smallest absolute Gasteiger partial charge is 0.219 e. The van der Waals surface area contributed by atoms with Crippen molar-refractivity contribution in [2.75, 3.05) is 25.1 Å². The van der Waals surface area contributed by atoms with Gasteiger partial charge < -0.3 is 10.6 Å². The molecule has 5 nitrogen and oxygen atoms in total. The van der Waals surface area contributed by atoms with E-state index in [4.69, 9.17) is 0 Å². The number of aromatic nitrogens is 2. The maximum Gasteiger partial charge on any atom is 0.219 e. The molecule has 0 aromatic carbocycles. The molecule has 6 heteroatoms. The summed E-state index contributed by atoms with van der Waals surface area (Å²) in [5, 5.41) is 5.88. The highest BCUT2D eigenvalue weighted by Gasteiger charge is 2.02. The monoisotopic (exact) mass is 306 g/mol. The Bertz CT molecular complexity index is 537. The molecule has 22 heavy (non-hydrogen) atoms. The Kier molecular flexibility index (Phi) is 8.58. The van der Waals surface area contributed by atoms with Gasteiger partial charge in [0.1, 0.15) is 11.6 Å². The van der Waals surface area contributed by atoms with Gasteiger partial charge in [0.2, 0.25) is 5.91 Å². The molecule has 1 amide bonds. The number of amides is 1. The summed E-state index contributed by atoms with van der Waals surface area (Å²) in [5.74, 6) is 7.42. The lowest BCUT2D eigenvalue weighted by molar-refractivity contribution is -0.120. The Morgan fingerprint density at radius 3 is 2.91 bits per heavy atom. The molecule has 2 N–H and O–H groups in total. The minimum Gasteiger partial charge on any atom is -0.369 e. The highest BCUT2D eigenvalue weighted by Crippen LogP contribution is 2.10. The van der Waals surface area contributed by atoms with Crippen molar-refractivity contribution in [3.8, 4) is 11.8 Å². The predicted molar refractivity (Wildman–Crippen MR) is 85.3 cm³/mol. The van der Waals surface area contributed by atoms with Crippen molar-refractivity contribution in [2.24, 2.45) is 0 Å². The van der Waals surface area contributed by atoms with E-state index in [2.05, 4.69) is 32.4 Å². The van der Waals surface area contributed by atoms with Crippen molar-refractivity contribution >= 4 is 11.7 Å². The van der Waals surface area contributed by atoms with Gasteiger partial charge in [0.05, 0.1) is 12.2 Å². The van der Waals surface area contributed by atoms with Crippen LogP contribution in [0.15, 0.2) is 6.20 Å². The molecule has 0 aliphatic heterocycles. The number of alkyl halides is 1. The Morgan fingerprint density at radius 2 is 2.18 bits per heavy atom. The number of hydrogen-bond donors (Lipinski definition) is 2. The highest BCUT2D eigenvalue weighted by atomic mass is 19.1. The number of aryl methyl sites for hydroxylation is 1. The molecule has 1 aromatic heterocycles. The molecule has 1 heterocycles. The Labute approximate surface area is 131 Å². The fourth-order valence-electron chi connectivity index (χ4n) is 1.66. The number of rotatable bonds is 8. The molecule has 0 unspecified atom stereocenters. The Hall–Kier alpha value is -2.16. The van der Waals surface area contributed by atoms with Gasteiger partial charge in [-0.3, -0.25) is 9.18 Å². The molecule has 0 radical (unpaired) electrons. The van der Waals surface area contributed by atoms with Gasteiger partial charge in [-0.05, 0) is 19.8 Å². The number of nitrogens with zero attached hydrogens (tertiary/aromatic N) is 2. The lowest BCUT2D eigenvalue weighted by atomic mass is 10.2. The maximum absolute atomic E-state index is 12.1. The van der Waals surface area contributed by atoms with Crippen LogP contribution in [0.3, 0.4) is 0 Å². The molecule has 0 aliphatic carbocycles. The third kappa shape index (κ3) is 7.02. The van der Waals surface area contributed by atoms with Gasteiger partial charge in [0, 0.05) is 32.1 Å². The predicted octanol–water partition coefficient (Wildman–Crippen LogP) is 2.21. The van der Waals surface area contributed by atoms with Crippen LogP contribution in [0.5, 0.6) is 0 Å². The molecule has 0 atom stereocenters. The number of hydrogen-bond acceptors (Lipinski definition) is 4. The fourth-order valence-corrected chi connectivity index (χ4v) is 1.66. The van der Waals surface area contributed by atoms with Crippen LogP contribution in [0.1, 0.15) is 44.0 Å². The number of unbranched alkanes of at least 4 members (excludes halogenated alkanes) is 1. The van der Waals surface area contributed by atoms with Crippen LogP contribution in [0, 0.1) is 18.8 Å². The standard InChI is InChI=1S/C16H23FN4O/c1-3-15(22)18-10-6-4-5-8-14-12-20-13(2)21-16(14)19-11-7-9-17/h12H,3-4,6-7,9-11H2,1-2H3,(H,18,22)(H,19,20,21). The topological polar surface area (TPSA) is 66.9 Å². The summed E-state index contributed by atoms with van der Waals surface area (Å²) < 4.78 is 12.1. The molecule has 0 saturated carbocycles. The molecule has 1 rings (SSSR count). The second-order valence-electron chi connectivity index (χ2n) is 4.76. The van der Waals surface area contributed by atoms with Gasteiger partial charge in [-0.25, -0.2) is 9.97 Å². The molecule has 0 aliphatic rings. The van der Waals surface area contributed by atoms with Crippen molar-refractivity contribution in [1.82, 2.24) is 15.3 Å². The van der Waals surface area contributed by atoms with E-state index < -0.39 is 0 Å². The van der Waals surface area contributed by atoms with E-state index in [1.54, 1.807) is 13.1 Å². The minimum absolute atomic E-state index is 0.0549. The highest BCUT2D eigenvalue weighted by molar-refractivity contribution is 5.75. The van der Waals surface area contributed by atoms with Gasteiger partial charge in [0.15, 0.2) is 0 Å². The normalized spacial score (nSPS) is 9.77. The van der Waals surface area contributed by atoms with E-state index in [0.29, 0.717) is 49.6 Å². The largest absolute Gasteiger partial charge is 0.369 e. The van der Waals surface area contributed by atoms with E-state index in [0.717, 1.165) is 6.42 Å². The molecular formula is C16H23FN4O. The minimum atomic E-state index is -0.360. The first-order valence-corrected chi connectivity index (χ1v) is 7.56. The van der Waals surface area contributed by atoms with Crippen molar-refractivity contribution < 1.29 is 9.18 Å². The molecule has 0 saturated heterocycles. The van der Waals surface area contributed by atoms with E-state index >= 15 is 0 Å². The summed E-state index contributed by atoms with van der Waals surface area (Å²) >= 11 is 0. The first-order chi connectivity index (χ1) is 10.7. The molecular weight excluding hydrogens is 283 g/mol. The second kappa shape index (κ2) is 10.6. The summed E-state index contributed by atoms with van der Waals surface area (Å²) in [7, 11) is 0. The summed E-state index contributed by atoms with van der Waals surface area (Å²) in [6, 6.07) is 0. The van der Waals surface area contributed by atoms with Gasteiger partial charge in [-0.15, -0.1) is 0 Å². The van der Waals surface area contributed by atoms with E-state index in [1.807, 2.05) is 6.92 Å². The van der Waals surface area contributed by atoms with Crippen LogP contribution in [-0.2, 0) is 4.79 Å². The lowest BCUT2D eigenvalue weighted by Crippen LogP contribution is -2.22. The SMILES string of the molecule is CCC(=O)NCCCC#Cc1cnc(C)nc1NCCCF. The van der Waals surface area contributed by atoms with Crippen LogP contribution in [0.25, 0.3) is 0 Å². The van der Waals surface area contributed by atoms with Gasteiger partial charge in [0.25, 0.3) is 0 Å². The van der Waals surface area contributed by atoms with Crippen LogP contribution in [0.4, 0.5) is 10.2 Å². The maximum atomic E-state index is 12.1. The van der Waals surface area contributed by atoms with Gasteiger partial charge >= 0.3 is 0 Å². The van der Waals surface area contributed by atoms with Gasteiger partial charge in [-0.2, -0.15) is 0 Å². The Morgan fingerprint density at radius 1 is 1.36 bits per heavy atom. The molecule has 1 aromatic rings. The fraction of sp³-hybridized carbons (Fsp3) is 0.562. The van der Waals surface area contributed by atoms with Crippen LogP contribution in [-0.4, -0.2) is 35.6 Å². The first kappa shape index (κ1) is 17.9. The number of anilines is 1. The molecule has 0 bridgehead atoms. The van der Waals surface area contributed by atoms with E-state index in [1.165, 1.54) is 0 Å². The lowest BCUT2D eigenvalue weighted by Gasteiger charge is -2.06. The summed E-state index contributed by atoms with van der Waals surface area (Å²) in [6.07, 6.45) is 4.09. The number of carbonyl (C=O) groups is 1. The van der Waals surface area contributed by atoms with Crippen LogP contribution < -0.4 is 10.6 Å². The first-order valence-electron chi connectivity index (χ1n) is 7.56. The van der Waals surface area contributed by atoms with Crippen LogP contribution >= 0.6 is 0 Å². The number of nitrogens with one attached hydrogen (secondary N) is 2. The molecule has 0 spiro atoms. The average molecular weight is 306 g/mol. The van der Waals surface area contributed by atoms with Crippen molar-refractivity contribution in [3.05, 3.63) is 17.6 Å². The van der Waals surface area contributed by atoms with Gasteiger partial charge in [-0.1, -0.05) is 18.8 Å². The summed E-state index contributed by atoms with van der Waals surface area (Å²) in [6.45, 7) is 4.41. The zero-order chi connectivity index (χ0) is 16.2. The summed E-state index contributed by atoms with van der Waals surface area (Å²) in [5.41, 5.74) is 0.710. The van der Waals surface area contributed by atoms with Crippen molar-refractivity contribution in [1.29, 1.82) is 0 Å². The van der Waals surface area contributed by atoms with E-state index in [9.17, 15) is 9.18 Å². The van der Waals surface area contributed by atoms with Crippen LogP contribution in [0.2, 0.25) is 0 Å². The zero-order valence-electron chi connectivity index (χ0n) is 13.2. The number of carbonyl (C=O) groups excluding carboxylic acids is 1. The van der Waals surface area contributed by atoms with Crippen molar-refractivity contribution in [3.63, 3.8) is 0 Å². The quantitative estimate of drug-likeness (QED) is 0.571. The summed E-state index contributed by atoms with van der Waals surface area (Å²) in [4.78, 5) is 19.5. The average Bonchev–Trinajstić information content (AvgIpc) is 2.52.